The molecule has 1 aromatic carbocycles. The van der Waals surface area contributed by atoms with Gasteiger partial charge < -0.3 is 20.1 Å². The zero-order valence-corrected chi connectivity index (χ0v) is 31.5. The molecule has 3 aromatic heterocycles. The van der Waals surface area contributed by atoms with Gasteiger partial charge in [-0.3, -0.25) is 4.79 Å². The van der Waals surface area contributed by atoms with Crippen LogP contribution in [0.3, 0.4) is 0 Å². The number of nitrogens with zero attached hydrogens (tertiary/aromatic N) is 4. The second-order valence-corrected chi connectivity index (χ2v) is 16.5. The zero-order chi connectivity index (χ0) is 38.6. The molecule has 3 N–H and O–H groups in total. The molecule has 1 aliphatic heterocycles. The number of nitrogens with one attached hydrogen (secondary N) is 3. The van der Waals surface area contributed by atoms with Crippen molar-refractivity contribution in [3.05, 3.63) is 83.1 Å². The maximum Gasteiger partial charge on any atom is 0.394 e. The molecule has 1 atom stereocenters. The highest BCUT2D eigenvalue weighted by atomic mass is 35.5. The van der Waals surface area contributed by atoms with Gasteiger partial charge in [-0.15, -0.1) is 5.10 Å². The molecule has 1 amide bonds. The van der Waals surface area contributed by atoms with E-state index in [0.29, 0.717) is 12.5 Å². The van der Waals surface area contributed by atoms with E-state index in [1.165, 1.54) is 35.1 Å². The summed E-state index contributed by atoms with van der Waals surface area (Å²) in [6.45, 7) is 6.12. The number of carbonyl (C=O) groups is 1. The molecule has 6 rings (SSSR count). The summed E-state index contributed by atoms with van der Waals surface area (Å²) < 4.78 is 81.4. The number of sulfonamides is 1. The number of benzene rings is 1. The van der Waals surface area contributed by atoms with E-state index in [4.69, 9.17) is 21.1 Å². The van der Waals surface area contributed by atoms with E-state index in [0.717, 1.165) is 31.4 Å². The number of alkyl halides is 3. The second kappa shape index (κ2) is 16.1. The maximum atomic E-state index is 13.5. The minimum Gasteiger partial charge on any atom is -0.489 e. The minimum atomic E-state index is -4.51. The first-order valence-corrected chi connectivity index (χ1v) is 19.6. The van der Waals surface area contributed by atoms with Gasteiger partial charge in [0.15, 0.2) is 10.8 Å². The van der Waals surface area contributed by atoms with Crippen LogP contribution >= 0.6 is 11.6 Å². The van der Waals surface area contributed by atoms with Crippen LogP contribution in [-0.4, -0.2) is 65.5 Å². The van der Waals surface area contributed by atoms with E-state index < -0.39 is 32.5 Å². The SMILES string of the molecule is CC1(C)C[C@H](CCCNc2cc(OCc3ccccc3)cc(S(=O)(=O)NC(=O)c3ccc(-n4ccc(OCCCC5(C(F)(F)F)CC5)n4)nc3Cl)n2)CN1. The predicted octanol–water partition coefficient (Wildman–Crippen LogP) is 7.10. The van der Waals surface area contributed by atoms with Gasteiger partial charge in [-0.25, -0.2) is 19.4 Å². The summed E-state index contributed by atoms with van der Waals surface area (Å²) >= 11 is 6.35. The molecule has 2 aliphatic rings. The summed E-state index contributed by atoms with van der Waals surface area (Å²) in [6.07, 6.45) is 0.711. The van der Waals surface area contributed by atoms with E-state index in [-0.39, 0.29) is 78.4 Å². The number of ether oxygens (including phenoxy) is 2. The molecule has 17 heteroatoms. The third kappa shape index (κ3) is 10.0. The van der Waals surface area contributed by atoms with E-state index in [1.807, 2.05) is 35.1 Å². The van der Waals surface area contributed by atoms with Crippen molar-refractivity contribution in [2.24, 2.45) is 11.3 Å². The largest absolute Gasteiger partial charge is 0.489 e. The van der Waals surface area contributed by atoms with Crippen molar-refractivity contribution in [1.82, 2.24) is 29.8 Å². The first-order chi connectivity index (χ1) is 25.6. The van der Waals surface area contributed by atoms with Crippen molar-refractivity contribution < 1.29 is 35.9 Å². The number of rotatable bonds is 17. The van der Waals surface area contributed by atoms with E-state index in [1.54, 1.807) is 6.07 Å². The molecular formula is C37H43ClF3N7O5S. The number of halogens is 4. The normalized spacial score (nSPS) is 17.6. The Morgan fingerprint density at radius 1 is 1.06 bits per heavy atom. The maximum absolute atomic E-state index is 13.5. The fourth-order valence-electron chi connectivity index (χ4n) is 6.51. The summed E-state index contributed by atoms with van der Waals surface area (Å²) in [6, 6.07) is 16.5. The van der Waals surface area contributed by atoms with Crippen molar-refractivity contribution in [3.63, 3.8) is 0 Å². The Hall–Kier alpha value is -4.41. The van der Waals surface area contributed by atoms with Gasteiger partial charge in [0, 0.05) is 36.5 Å². The van der Waals surface area contributed by atoms with Crippen molar-refractivity contribution >= 4 is 33.3 Å². The molecule has 1 aliphatic carbocycles. The van der Waals surface area contributed by atoms with Gasteiger partial charge in [-0.05, 0) is 89.0 Å². The molecule has 1 saturated heterocycles. The van der Waals surface area contributed by atoms with Crippen molar-refractivity contribution in [3.8, 4) is 17.4 Å². The molecule has 4 heterocycles. The number of pyridine rings is 2. The minimum absolute atomic E-state index is 0.00732. The zero-order valence-electron chi connectivity index (χ0n) is 30.0. The molecule has 1 saturated carbocycles. The Bertz CT molecular complexity index is 2040. The molecule has 0 unspecified atom stereocenters. The Morgan fingerprint density at radius 2 is 1.83 bits per heavy atom. The molecule has 2 fully saturated rings. The van der Waals surface area contributed by atoms with Gasteiger partial charge in [-0.1, -0.05) is 41.9 Å². The summed E-state index contributed by atoms with van der Waals surface area (Å²) in [5.74, 6) is 0.399. The number of carbonyl (C=O) groups excluding carboxylic acids is 1. The third-order valence-corrected chi connectivity index (χ3v) is 11.2. The Balaban J connectivity index is 1.09. The number of hydrogen-bond acceptors (Lipinski definition) is 10. The quantitative estimate of drug-likeness (QED) is 0.0748. The molecule has 0 bridgehead atoms. The topological polar surface area (TPSA) is 149 Å². The van der Waals surface area contributed by atoms with Crippen LogP contribution in [0.25, 0.3) is 5.82 Å². The monoisotopic (exact) mass is 789 g/mol. The number of amides is 1. The van der Waals surface area contributed by atoms with Crippen LogP contribution in [0.2, 0.25) is 5.15 Å². The van der Waals surface area contributed by atoms with Gasteiger partial charge in [0.1, 0.15) is 23.3 Å². The molecule has 0 spiro atoms. The number of aromatic nitrogens is 4. The highest BCUT2D eigenvalue weighted by molar-refractivity contribution is 7.90. The summed E-state index contributed by atoms with van der Waals surface area (Å²) in [5.41, 5.74) is -0.810. The number of anilines is 1. The van der Waals surface area contributed by atoms with Gasteiger partial charge in [0.2, 0.25) is 5.88 Å². The van der Waals surface area contributed by atoms with Crippen LogP contribution < -0.4 is 24.8 Å². The first kappa shape index (κ1) is 39.3. The Labute approximate surface area is 317 Å². The first-order valence-electron chi connectivity index (χ1n) is 17.8. The van der Waals surface area contributed by atoms with Crippen LogP contribution in [0.4, 0.5) is 19.0 Å². The lowest BCUT2D eigenvalue weighted by molar-refractivity contribution is -0.189. The lowest BCUT2D eigenvalue weighted by Crippen LogP contribution is -2.31. The Kier molecular flexibility index (Phi) is 11.7. The van der Waals surface area contributed by atoms with E-state index >= 15 is 0 Å². The summed E-state index contributed by atoms with van der Waals surface area (Å²) in [4.78, 5) is 21.7. The van der Waals surface area contributed by atoms with Crippen LogP contribution in [0.1, 0.15) is 74.7 Å². The van der Waals surface area contributed by atoms with Crippen LogP contribution in [0.5, 0.6) is 11.6 Å². The molecule has 0 radical (unpaired) electrons. The summed E-state index contributed by atoms with van der Waals surface area (Å²) in [5, 5.41) is 10.2. The smallest absolute Gasteiger partial charge is 0.394 e. The van der Waals surface area contributed by atoms with E-state index in [9.17, 15) is 26.4 Å². The molecular weight excluding hydrogens is 747 g/mol. The van der Waals surface area contributed by atoms with Gasteiger partial charge in [-0.2, -0.15) is 21.6 Å². The summed E-state index contributed by atoms with van der Waals surface area (Å²) in [7, 11) is -4.51. The lowest BCUT2D eigenvalue weighted by atomic mass is 9.94. The molecule has 54 heavy (non-hydrogen) atoms. The second-order valence-electron chi connectivity index (χ2n) is 14.5. The van der Waals surface area contributed by atoms with Crippen molar-refractivity contribution in [2.45, 2.75) is 82.1 Å². The highest BCUT2D eigenvalue weighted by Crippen LogP contribution is 2.60. The van der Waals surface area contributed by atoms with Crippen molar-refractivity contribution in [1.29, 1.82) is 0 Å². The highest BCUT2D eigenvalue weighted by Gasteiger charge is 2.62. The van der Waals surface area contributed by atoms with Gasteiger partial charge in [0.05, 0.1) is 17.6 Å². The fourth-order valence-corrected chi connectivity index (χ4v) is 7.69. The average Bonchev–Trinajstić information content (AvgIpc) is 3.65. The number of hydrogen-bond donors (Lipinski definition) is 3. The molecule has 290 valence electrons. The van der Waals surface area contributed by atoms with Crippen LogP contribution in [0, 0.1) is 11.3 Å². The molecule has 12 nitrogen and oxygen atoms in total. The van der Waals surface area contributed by atoms with Crippen molar-refractivity contribution in [2.75, 3.05) is 25.0 Å². The van der Waals surface area contributed by atoms with Gasteiger partial charge >= 0.3 is 6.18 Å². The van der Waals surface area contributed by atoms with Crippen LogP contribution in [0.15, 0.2) is 71.9 Å². The van der Waals surface area contributed by atoms with Gasteiger partial charge in [0.25, 0.3) is 15.9 Å². The third-order valence-electron chi connectivity index (χ3n) is 9.67. The molecule has 4 aromatic rings. The lowest BCUT2D eigenvalue weighted by Gasteiger charge is -2.18. The standard InChI is InChI=1S/C37H43ClF3N7O5S/c1-35(2)22-26(23-43-35)10-6-17-42-29-20-27(53-24-25-8-4-3-5-9-25)21-32(44-29)54(50,51)47-34(49)28-11-12-30(45-33(28)38)48-18-13-31(46-48)52-19-7-14-36(15-16-36)37(39,40)41/h3-5,8-9,11-13,18,20-21,26,43H,6-7,10,14-17,19,22-24H2,1-2H3,(H,42,44)(H,47,49)/t26-/m0/s1. The Morgan fingerprint density at radius 3 is 2.52 bits per heavy atom. The van der Waals surface area contributed by atoms with Crippen LogP contribution in [-0.2, 0) is 16.6 Å². The fraction of sp³-hybridized carbons (Fsp3) is 0.459. The predicted molar refractivity (Wildman–Crippen MR) is 196 cm³/mol. The average molecular weight is 790 g/mol. The van der Waals surface area contributed by atoms with E-state index in [2.05, 4.69) is 39.5 Å².